The van der Waals surface area contributed by atoms with Crippen LogP contribution in [0.2, 0.25) is 0 Å². The van der Waals surface area contributed by atoms with E-state index in [0.29, 0.717) is 13.1 Å². The molecule has 3 rings (SSSR count). The summed E-state index contributed by atoms with van der Waals surface area (Å²) in [7, 11) is 0. The van der Waals surface area contributed by atoms with E-state index in [1.54, 1.807) is 12.5 Å². The molecular formula is C19H28N2O3. The van der Waals surface area contributed by atoms with E-state index in [4.69, 9.17) is 4.42 Å². The van der Waals surface area contributed by atoms with Crippen LogP contribution in [0.3, 0.4) is 0 Å². The topological polar surface area (TPSA) is 53.8 Å². The third kappa shape index (κ3) is 3.65. The molecule has 0 aromatic carbocycles. The number of likely N-dealkylation sites (tertiary alicyclic amines) is 1. The van der Waals surface area contributed by atoms with Crippen molar-refractivity contribution in [1.82, 2.24) is 9.80 Å². The van der Waals surface area contributed by atoms with Gasteiger partial charge in [-0.25, -0.2) is 0 Å². The Morgan fingerprint density at radius 2 is 1.88 bits per heavy atom. The number of nitrogens with zero attached hydrogens (tertiary/aromatic N) is 2. The van der Waals surface area contributed by atoms with Gasteiger partial charge < -0.3 is 14.2 Å². The molecule has 0 unspecified atom stereocenters. The summed E-state index contributed by atoms with van der Waals surface area (Å²) in [5, 5.41) is 0. The van der Waals surface area contributed by atoms with Crippen LogP contribution in [0, 0.1) is 11.8 Å². The Morgan fingerprint density at radius 3 is 2.50 bits per heavy atom. The zero-order valence-electron chi connectivity index (χ0n) is 14.6. The summed E-state index contributed by atoms with van der Waals surface area (Å²) in [6.45, 7) is 4.95. The molecule has 2 fully saturated rings. The minimum atomic E-state index is -0.154. The Bertz CT molecular complexity index is 549. The Hall–Kier alpha value is -1.78. The van der Waals surface area contributed by atoms with Crippen LogP contribution < -0.4 is 0 Å². The summed E-state index contributed by atoms with van der Waals surface area (Å²) in [6.07, 6.45) is 9.31. The third-order valence-electron chi connectivity index (χ3n) is 5.47. The summed E-state index contributed by atoms with van der Waals surface area (Å²) < 4.78 is 5.11. The van der Waals surface area contributed by atoms with E-state index in [9.17, 15) is 9.59 Å². The molecule has 132 valence electrons. The Kier molecular flexibility index (Phi) is 5.59. The zero-order chi connectivity index (χ0) is 16.9. The second kappa shape index (κ2) is 7.86. The quantitative estimate of drug-likeness (QED) is 0.833. The standard InChI is InChI=1S/C19H28N2O3/c1-2-20(13-15-9-12-24-14-15)18(22)16-7-3-4-8-17(16)19(23)21-10-5-6-11-21/h9,12,14,16-17H,2-8,10-11,13H2,1H3/t16-,17-/m0/s1. The highest BCUT2D eigenvalue weighted by atomic mass is 16.3. The van der Waals surface area contributed by atoms with E-state index in [1.165, 1.54) is 0 Å². The average molecular weight is 332 g/mol. The van der Waals surface area contributed by atoms with Crippen LogP contribution in [-0.2, 0) is 16.1 Å². The van der Waals surface area contributed by atoms with Gasteiger partial charge in [0.2, 0.25) is 11.8 Å². The van der Waals surface area contributed by atoms with Gasteiger partial charge in [0.25, 0.3) is 0 Å². The van der Waals surface area contributed by atoms with Crippen molar-refractivity contribution in [2.75, 3.05) is 19.6 Å². The fourth-order valence-corrected chi connectivity index (χ4v) is 4.08. The number of carbonyl (C=O) groups is 2. The van der Waals surface area contributed by atoms with Crippen molar-refractivity contribution < 1.29 is 14.0 Å². The van der Waals surface area contributed by atoms with Gasteiger partial charge in [0, 0.05) is 43.6 Å². The second-order valence-electron chi connectivity index (χ2n) is 7.01. The van der Waals surface area contributed by atoms with Gasteiger partial charge in [-0.15, -0.1) is 0 Å². The zero-order valence-corrected chi connectivity index (χ0v) is 14.6. The van der Waals surface area contributed by atoms with Gasteiger partial charge in [0.05, 0.1) is 12.5 Å². The molecule has 0 N–H and O–H groups in total. The van der Waals surface area contributed by atoms with E-state index in [-0.39, 0.29) is 23.7 Å². The molecule has 2 atom stereocenters. The molecule has 0 bridgehead atoms. The first-order valence-corrected chi connectivity index (χ1v) is 9.29. The Labute approximate surface area is 144 Å². The predicted octanol–water partition coefficient (Wildman–Crippen LogP) is 3.06. The molecule has 2 aliphatic rings. The molecule has 1 saturated carbocycles. The van der Waals surface area contributed by atoms with Gasteiger partial charge in [-0.05, 0) is 38.7 Å². The summed E-state index contributed by atoms with van der Waals surface area (Å²) in [5.74, 6) is 0.0716. The van der Waals surface area contributed by atoms with Gasteiger partial charge in [0.15, 0.2) is 0 Å². The molecular weight excluding hydrogens is 304 g/mol. The van der Waals surface area contributed by atoms with Crippen molar-refractivity contribution in [3.63, 3.8) is 0 Å². The molecule has 1 saturated heterocycles. The number of rotatable bonds is 5. The van der Waals surface area contributed by atoms with Crippen molar-refractivity contribution in [2.45, 2.75) is 52.0 Å². The van der Waals surface area contributed by atoms with Crippen LogP contribution in [-0.4, -0.2) is 41.2 Å². The minimum Gasteiger partial charge on any atom is -0.472 e. The molecule has 1 aromatic rings. The highest BCUT2D eigenvalue weighted by molar-refractivity contribution is 5.88. The lowest BCUT2D eigenvalue weighted by Gasteiger charge is -2.35. The molecule has 5 nitrogen and oxygen atoms in total. The molecule has 1 aliphatic carbocycles. The maximum atomic E-state index is 13.1. The molecule has 2 amide bonds. The normalized spacial score (nSPS) is 24.1. The lowest BCUT2D eigenvalue weighted by atomic mass is 9.77. The number of furan rings is 1. The average Bonchev–Trinajstić information content (AvgIpc) is 3.32. The SMILES string of the molecule is CCN(Cc1ccoc1)C(=O)[C@H]1CCCC[C@@H]1C(=O)N1CCCC1. The number of carbonyl (C=O) groups excluding carboxylic acids is 2. The van der Waals surface area contributed by atoms with Crippen LogP contribution in [0.5, 0.6) is 0 Å². The van der Waals surface area contributed by atoms with E-state index in [0.717, 1.165) is 57.2 Å². The first-order chi connectivity index (χ1) is 11.7. The van der Waals surface area contributed by atoms with E-state index >= 15 is 0 Å². The Morgan fingerprint density at radius 1 is 1.17 bits per heavy atom. The van der Waals surface area contributed by atoms with Crippen LogP contribution in [0.25, 0.3) is 0 Å². The lowest BCUT2D eigenvalue weighted by molar-refractivity contribution is -0.148. The number of hydrogen-bond acceptors (Lipinski definition) is 3. The van der Waals surface area contributed by atoms with E-state index in [2.05, 4.69) is 0 Å². The number of hydrogen-bond donors (Lipinski definition) is 0. The minimum absolute atomic E-state index is 0.122. The fraction of sp³-hybridized carbons (Fsp3) is 0.684. The largest absolute Gasteiger partial charge is 0.472 e. The lowest BCUT2D eigenvalue weighted by Crippen LogP contribution is -2.45. The molecule has 1 aliphatic heterocycles. The van der Waals surface area contributed by atoms with Crippen molar-refractivity contribution in [3.8, 4) is 0 Å². The fourth-order valence-electron chi connectivity index (χ4n) is 4.08. The summed E-state index contributed by atoms with van der Waals surface area (Å²) in [6, 6.07) is 1.89. The molecule has 5 heteroatoms. The highest BCUT2D eigenvalue weighted by Crippen LogP contribution is 2.34. The maximum absolute atomic E-state index is 13.1. The van der Waals surface area contributed by atoms with Crippen molar-refractivity contribution in [2.24, 2.45) is 11.8 Å². The van der Waals surface area contributed by atoms with Crippen molar-refractivity contribution >= 4 is 11.8 Å². The Balaban J connectivity index is 1.70. The van der Waals surface area contributed by atoms with Crippen LogP contribution in [0.1, 0.15) is 51.0 Å². The third-order valence-corrected chi connectivity index (χ3v) is 5.47. The van der Waals surface area contributed by atoms with Crippen molar-refractivity contribution in [1.29, 1.82) is 0 Å². The molecule has 2 heterocycles. The van der Waals surface area contributed by atoms with E-state index < -0.39 is 0 Å². The maximum Gasteiger partial charge on any atom is 0.226 e. The van der Waals surface area contributed by atoms with Gasteiger partial charge >= 0.3 is 0 Å². The molecule has 0 spiro atoms. The second-order valence-corrected chi connectivity index (χ2v) is 7.01. The molecule has 0 radical (unpaired) electrons. The monoisotopic (exact) mass is 332 g/mol. The predicted molar refractivity (Wildman–Crippen MR) is 91.1 cm³/mol. The summed E-state index contributed by atoms with van der Waals surface area (Å²) >= 11 is 0. The molecule has 24 heavy (non-hydrogen) atoms. The highest BCUT2D eigenvalue weighted by Gasteiger charge is 2.39. The summed E-state index contributed by atoms with van der Waals surface area (Å²) in [4.78, 5) is 29.8. The van der Waals surface area contributed by atoms with Gasteiger partial charge in [-0.2, -0.15) is 0 Å². The van der Waals surface area contributed by atoms with Crippen LogP contribution in [0.4, 0.5) is 0 Å². The van der Waals surface area contributed by atoms with Gasteiger partial charge in [-0.1, -0.05) is 12.8 Å². The first-order valence-electron chi connectivity index (χ1n) is 9.29. The van der Waals surface area contributed by atoms with Gasteiger partial charge in [-0.3, -0.25) is 9.59 Å². The van der Waals surface area contributed by atoms with Crippen molar-refractivity contribution in [3.05, 3.63) is 24.2 Å². The summed E-state index contributed by atoms with van der Waals surface area (Å²) in [5.41, 5.74) is 1.00. The van der Waals surface area contributed by atoms with Gasteiger partial charge in [0.1, 0.15) is 0 Å². The van der Waals surface area contributed by atoms with E-state index in [1.807, 2.05) is 22.8 Å². The first kappa shape index (κ1) is 17.1. The van der Waals surface area contributed by atoms with Crippen LogP contribution in [0.15, 0.2) is 23.0 Å². The van der Waals surface area contributed by atoms with Crippen LogP contribution >= 0.6 is 0 Å². The number of amides is 2. The smallest absolute Gasteiger partial charge is 0.226 e. The molecule has 1 aromatic heterocycles.